The zero-order chi connectivity index (χ0) is 25.1. The van der Waals surface area contributed by atoms with Crippen molar-refractivity contribution in [3.8, 4) is 23.0 Å². The lowest BCUT2D eigenvalue weighted by Crippen LogP contribution is -2.42. The van der Waals surface area contributed by atoms with Gasteiger partial charge in [-0.25, -0.2) is 14.5 Å². The van der Waals surface area contributed by atoms with Crippen LogP contribution in [-0.2, 0) is 5.54 Å². The molecular formula is C25H27N5O5. The van der Waals surface area contributed by atoms with E-state index in [1.807, 2.05) is 51.1 Å². The van der Waals surface area contributed by atoms with Crippen LogP contribution in [0.4, 0.5) is 16.3 Å². The van der Waals surface area contributed by atoms with Gasteiger partial charge in [-0.3, -0.25) is 10.2 Å². The van der Waals surface area contributed by atoms with Crippen LogP contribution in [0.5, 0.6) is 23.0 Å². The number of phenols is 2. The number of urea groups is 1. The number of anilines is 1. The molecule has 182 valence electrons. The Bertz CT molecular complexity index is 1340. The summed E-state index contributed by atoms with van der Waals surface area (Å²) < 4.78 is 12.7. The van der Waals surface area contributed by atoms with Gasteiger partial charge in [-0.05, 0) is 39.0 Å². The van der Waals surface area contributed by atoms with E-state index < -0.39 is 23.5 Å². The van der Waals surface area contributed by atoms with Crippen LogP contribution in [0.25, 0.3) is 0 Å². The molecule has 0 unspecified atom stereocenters. The Morgan fingerprint density at radius 1 is 1.03 bits per heavy atom. The van der Waals surface area contributed by atoms with Gasteiger partial charge in [-0.2, -0.15) is 5.10 Å². The maximum atomic E-state index is 13.2. The number of amidine groups is 1. The van der Waals surface area contributed by atoms with Crippen molar-refractivity contribution in [2.24, 2.45) is 4.99 Å². The number of amides is 2. The monoisotopic (exact) mass is 477 g/mol. The quantitative estimate of drug-likeness (QED) is 0.491. The first-order chi connectivity index (χ1) is 16.7. The van der Waals surface area contributed by atoms with Crippen LogP contribution in [-0.4, -0.2) is 52.1 Å². The zero-order valence-electron chi connectivity index (χ0n) is 20.1. The fraction of sp³-hybridized carbons (Fsp3) is 0.320. The third kappa shape index (κ3) is 3.36. The number of aromatic hydroxyl groups is 2. The Morgan fingerprint density at radius 3 is 2.37 bits per heavy atom. The van der Waals surface area contributed by atoms with Crippen LogP contribution in [0.1, 0.15) is 37.8 Å². The van der Waals surface area contributed by atoms with E-state index in [1.165, 1.54) is 14.2 Å². The summed E-state index contributed by atoms with van der Waals surface area (Å²) in [6.07, 6.45) is 1.73. The molecule has 0 radical (unpaired) electrons. The second-order valence-corrected chi connectivity index (χ2v) is 9.46. The zero-order valence-corrected chi connectivity index (χ0v) is 20.1. The molecule has 0 saturated carbocycles. The number of fused-ring (bicyclic) bond motifs is 2. The molecule has 0 aliphatic carbocycles. The highest BCUT2D eigenvalue weighted by Gasteiger charge is 2.49. The molecule has 35 heavy (non-hydrogen) atoms. The molecule has 2 aliphatic heterocycles. The number of hydrogen-bond donors (Lipinski definition) is 3. The second kappa shape index (κ2) is 7.93. The van der Waals surface area contributed by atoms with E-state index in [-0.39, 0.29) is 23.1 Å². The van der Waals surface area contributed by atoms with Gasteiger partial charge in [0.25, 0.3) is 0 Å². The molecule has 3 aromatic rings. The van der Waals surface area contributed by atoms with Crippen molar-refractivity contribution in [2.45, 2.75) is 38.3 Å². The summed E-state index contributed by atoms with van der Waals surface area (Å²) in [6.45, 7) is 6.04. The maximum Gasteiger partial charge on any atom is 0.328 e. The molecule has 10 nitrogen and oxygen atoms in total. The Balaban J connectivity index is 1.81. The highest BCUT2D eigenvalue weighted by molar-refractivity contribution is 6.18. The summed E-state index contributed by atoms with van der Waals surface area (Å²) in [5.41, 5.74) is 1.57. The Kier molecular flexibility index (Phi) is 5.12. The number of carbonyl (C=O) groups is 1. The van der Waals surface area contributed by atoms with E-state index in [2.05, 4.69) is 10.4 Å². The predicted octanol–water partition coefficient (Wildman–Crippen LogP) is 3.84. The lowest BCUT2D eigenvalue weighted by molar-refractivity contribution is 0.252. The number of nitrogens with zero attached hydrogens (tertiary/aromatic N) is 4. The molecule has 2 aliphatic rings. The second-order valence-electron chi connectivity index (χ2n) is 9.46. The van der Waals surface area contributed by atoms with Gasteiger partial charge in [0.2, 0.25) is 11.5 Å². The average Bonchev–Trinajstić information content (AvgIpc) is 3.40. The smallest absolute Gasteiger partial charge is 0.328 e. The number of benzene rings is 2. The summed E-state index contributed by atoms with van der Waals surface area (Å²) in [5.74, 6) is -0.216. The average molecular weight is 478 g/mol. The Labute approximate surface area is 202 Å². The third-order valence-electron chi connectivity index (χ3n) is 6.31. The molecule has 3 heterocycles. The lowest BCUT2D eigenvalue weighted by Gasteiger charge is -2.34. The van der Waals surface area contributed by atoms with Gasteiger partial charge >= 0.3 is 6.03 Å². The molecule has 3 N–H and O–H groups in total. The molecule has 1 aromatic heterocycles. The van der Waals surface area contributed by atoms with E-state index in [9.17, 15) is 15.0 Å². The van der Waals surface area contributed by atoms with Crippen molar-refractivity contribution >= 4 is 23.4 Å². The van der Waals surface area contributed by atoms with Crippen LogP contribution in [0.3, 0.4) is 0 Å². The van der Waals surface area contributed by atoms with Crippen molar-refractivity contribution in [2.75, 3.05) is 19.1 Å². The molecule has 0 spiro atoms. The van der Waals surface area contributed by atoms with Crippen molar-refractivity contribution in [3.63, 3.8) is 0 Å². The summed E-state index contributed by atoms with van der Waals surface area (Å²) in [6, 6.07) is 9.99. The first kappa shape index (κ1) is 22.6. The van der Waals surface area contributed by atoms with E-state index in [1.54, 1.807) is 21.8 Å². The van der Waals surface area contributed by atoms with Crippen molar-refractivity contribution < 1.29 is 24.5 Å². The minimum atomic E-state index is -0.586. The Morgan fingerprint density at radius 2 is 1.74 bits per heavy atom. The first-order valence-electron chi connectivity index (χ1n) is 11.2. The van der Waals surface area contributed by atoms with E-state index in [0.717, 1.165) is 5.56 Å². The van der Waals surface area contributed by atoms with Crippen LogP contribution < -0.4 is 19.7 Å². The molecule has 2 amide bonds. The molecule has 2 aromatic carbocycles. The first-order valence-corrected chi connectivity index (χ1v) is 11.2. The molecular weight excluding hydrogens is 450 g/mol. The number of para-hydroxylation sites is 1. The number of phenolic OH excluding ortho intramolecular Hbond substituents is 2. The number of rotatable bonds is 4. The van der Waals surface area contributed by atoms with Crippen molar-refractivity contribution in [1.29, 1.82) is 0 Å². The minimum absolute atomic E-state index is 0.0793. The summed E-state index contributed by atoms with van der Waals surface area (Å²) in [5, 5.41) is 28.7. The van der Waals surface area contributed by atoms with Gasteiger partial charge < -0.3 is 19.7 Å². The summed E-state index contributed by atoms with van der Waals surface area (Å²) in [4.78, 5) is 19.7. The fourth-order valence-electron chi connectivity index (χ4n) is 4.80. The predicted molar refractivity (Wildman–Crippen MR) is 130 cm³/mol. The van der Waals surface area contributed by atoms with Crippen LogP contribution >= 0.6 is 0 Å². The minimum Gasteiger partial charge on any atom is -0.502 e. The molecule has 0 bridgehead atoms. The van der Waals surface area contributed by atoms with Crippen molar-refractivity contribution in [3.05, 3.63) is 53.7 Å². The normalized spacial score (nSPS) is 19.1. The van der Waals surface area contributed by atoms with Gasteiger partial charge in [0.15, 0.2) is 17.3 Å². The fourth-order valence-corrected chi connectivity index (χ4v) is 4.80. The highest BCUT2D eigenvalue weighted by atomic mass is 16.5. The van der Waals surface area contributed by atoms with Crippen LogP contribution in [0, 0.1) is 0 Å². The van der Waals surface area contributed by atoms with E-state index in [0.29, 0.717) is 22.9 Å². The summed E-state index contributed by atoms with van der Waals surface area (Å²) >= 11 is 0. The number of ether oxygens (including phenoxy) is 2. The van der Waals surface area contributed by atoms with Gasteiger partial charge in [0, 0.05) is 22.7 Å². The van der Waals surface area contributed by atoms with E-state index >= 15 is 0 Å². The number of nitrogens with one attached hydrogen (secondary N) is 1. The van der Waals surface area contributed by atoms with Gasteiger partial charge in [-0.1, -0.05) is 18.2 Å². The maximum absolute atomic E-state index is 13.2. The largest absolute Gasteiger partial charge is 0.502 e. The van der Waals surface area contributed by atoms with Crippen LogP contribution in [0.2, 0.25) is 0 Å². The topological polar surface area (TPSA) is 121 Å². The highest BCUT2D eigenvalue weighted by Crippen LogP contribution is 2.53. The lowest BCUT2D eigenvalue weighted by atomic mass is 9.82. The van der Waals surface area contributed by atoms with Gasteiger partial charge in [0.05, 0.1) is 26.0 Å². The molecule has 1 fully saturated rings. The third-order valence-corrected chi connectivity index (χ3v) is 6.31. The van der Waals surface area contributed by atoms with Crippen LogP contribution in [0.15, 0.2) is 47.6 Å². The number of aliphatic imine (C=N–C) groups is 1. The van der Waals surface area contributed by atoms with Crippen molar-refractivity contribution in [1.82, 2.24) is 15.1 Å². The van der Waals surface area contributed by atoms with Gasteiger partial charge in [0.1, 0.15) is 11.9 Å². The van der Waals surface area contributed by atoms with E-state index in [4.69, 9.17) is 14.5 Å². The summed E-state index contributed by atoms with van der Waals surface area (Å²) in [7, 11) is 2.81. The molecule has 1 saturated heterocycles. The van der Waals surface area contributed by atoms with Gasteiger partial charge in [-0.15, -0.1) is 0 Å². The molecule has 10 heteroatoms. The molecule has 2 atom stereocenters. The molecule has 5 rings (SSSR count). The Hall–Kier alpha value is -4.21. The number of hydrogen-bond acceptors (Lipinski definition) is 7. The number of methoxy groups -OCH3 is 2. The standard InChI is InChI=1S/C25H27N5O5/c1-25(2,3)30-23-15(12-26-30)17(14-11-16(34-4)19(31)20(32)21(14)35-5)18-22(27-23)28-24(33)29(18)13-9-7-6-8-10-13/h6-12,17-18,31-32H,1-5H3,(H,27,28,33)/t17-,18-/m1/s1. The number of carbonyl (C=O) groups excluding carboxylic acids is 1. The number of aromatic nitrogens is 2. The SMILES string of the molecule is COc1cc([C@@H]2c3cnn(C(C)(C)C)c3N=C3NC(=O)N(c4ccccc4)[C@@H]32)c(OC)c(O)c1O.